The van der Waals surface area contributed by atoms with Crippen LogP contribution in [0.1, 0.15) is 23.0 Å². The lowest BCUT2D eigenvalue weighted by atomic mass is 10.0. The maximum absolute atomic E-state index is 13.0. The molecule has 1 heterocycles. The van der Waals surface area contributed by atoms with Crippen LogP contribution < -0.4 is 15.4 Å². The van der Waals surface area contributed by atoms with Gasteiger partial charge < -0.3 is 10.6 Å². The van der Waals surface area contributed by atoms with E-state index in [0.717, 1.165) is 5.69 Å². The van der Waals surface area contributed by atoms with Crippen LogP contribution in [0.4, 0.5) is 17.1 Å². The van der Waals surface area contributed by atoms with E-state index in [1.165, 1.54) is 12.1 Å². The normalized spacial score (nSPS) is 11.7. The van der Waals surface area contributed by atoms with Gasteiger partial charge >= 0.3 is 0 Å². The number of halogens is 1. The van der Waals surface area contributed by atoms with E-state index in [-0.39, 0.29) is 10.9 Å². The molecule has 0 aliphatic rings. The van der Waals surface area contributed by atoms with Crippen LogP contribution in [0.2, 0.25) is 5.02 Å². The first kappa shape index (κ1) is 26.8. The number of rotatable bonds is 8. The van der Waals surface area contributed by atoms with Gasteiger partial charge in [-0.2, -0.15) is 0 Å². The van der Waals surface area contributed by atoms with E-state index < -0.39 is 10.0 Å². The highest BCUT2D eigenvalue weighted by Gasteiger charge is 2.18. The fourth-order valence-corrected chi connectivity index (χ4v) is 5.15. The number of sulfonamides is 1. The maximum Gasteiger partial charge on any atom is 0.262 e. The van der Waals surface area contributed by atoms with Crippen molar-refractivity contribution in [1.29, 1.82) is 0 Å². The quantitative estimate of drug-likeness (QED) is 0.167. The minimum absolute atomic E-state index is 0.0426. The summed E-state index contributed by atoms with van der Waals surface area (Å²) in [5.74, 6) is 0.221. The largest absolute Gasteiger partial charge is 0.369 e. The number of carbonyl (C=O) groups excluding carboxylic acids is 1. The highest BCUT2D eigenvalue weighted by atomic mass is 35.5. The number of aromatic nitrogens is 1. The maximum atomic E-state index is 13.0. The van der Waals surface area contributed by atoms with Gasteiger partial charge in [-0.15, -0.1) is 0 Å². The highest BCUT2D eigenvalue weighted by Crippen LogP contribution is 2.30. The molecule has 0 saturated heterocycles. The van der Waals surface area contributed by atoms with Gasteiger partial charge in [-0.25, -0.2) is 13.4 Å². The summed E-state index contributed by atoms with van der Waals surface area (Å²) in [4.78, 5) is 22.6. The molecule has 0 aliphatic heterocycles. The van der Waals surface area contributed by atoms with Crippen LogP contribution in [0.3, 0.4) is 0 Å². The first-order valence-electron chi connectivity index (χ1n) is 11.7. The number of pyridine rings is 1. The molecule has 0 aliphatic carbocycles. The molecule has 4 rings (SSSR count). The molecule has 3 aromatic carbocycles. The molecule has 4 aromatic rings. The molecule has 0 fully saturated rings. The number of guanidine groups is 1. The molecule has 38 heavy (non-hydrogen) atoms. The second-order valence-electron chi connectivity index (χ2n) is 8.39. The van der Waals surface area contributed by atoms with Gasteiger partial charge in [0.1, 0.15) is 0 Å². The van der Waals surface area contributed by atoms with Gasteiger partial charge in [0.05, 0.1) is 22.0 Å². The van der Waals surface area contributed by atoms with Crippen molar-refractivity contribution in [2.75, 3.05) is 16.7 Å². The van der Waals surface area contributed by atoms with Crippen molar-refractivity contribution in [3.8, 4) is 11.1 Å². The number of hydrogen-bond donors (Lipinski definition) is 2. The van der Waals surface area contributed by atoms with Gasteiger partial charge in [-0.05, 0) is 60.5 Å². The summed E-state index contributed by atoms with van der Waals surface area (Å²) >= 11 is 5.99. The molecule has 0 atom stereocenters. The van der Waals surface area contributed by atoms with Crippen LogP contribution in [0, 0.1) is 0 Å². The third-order valence-electron chi connectivity index (χ3n) is 5.87. The minimum atomic E-state index is -3.90. The molecule has 0 spiro atoms. The second-order valence-corrected chi connectivity index (χ2v) is 10.5. The van der Waals surface area contributed by atoms with E-state index in [4.69, 9.17) is 17.3 Å². The molecule has 8 nitrogen and oxygen atoms in total. The zero-order valence-corrected chi connectivity index (χ0v) is 22.4. The number of carbonyl (C=O) groups is 1. The first-order chi connectivity index (χ1) is 18.2. The number of nitrogens with two attached hydrogens (primary N) is 1. The summed E-state index contributed by atoms with van der Waals surface area (Å²) < 4.78 is 28.6. The van der Waals surface area contributed by atoms with E-state index in [9.17, 15) is 13.2 Å². The monoisotopic (exact) mass is 547 g/mol. The molecule has 0 radical (unpaired) electrons. The Hall–Kier alpha value is -4.21. The smallest absolute Gasteiger partial charge is 0.262 e. The number of aldehydes is 1. The Morgan fingerprint density at radius 2 is 1.82 bits per heavy atom. The topological polar surface area (TPSA) is 118 Å². The molecule has 0 unspecified atom stereocenters. The average molecular weight is 548 g/mol. The Morgan fingerprint density at radius 1 is 1.05 bits per heavy atom. The third kappa shape index (κ3) is 6.01. The van der Waals surface area contributed by atoms with Gasteiger partial charge in [0.25, 0.3) is 10.0 Å². The average Bonchev–Trinajstić information content (AvgIpc) is 2.93. The Kier molecular flexibility index (Phi) is 8.09. The summed E-state index contributed by atoms with van der Waals surface area (Å²) in [7, 11) is -2.11. The third-order valence-corrected chi connectivity index (χ3v) is 7.46. The van der Waals surface area contributed by atoms with Gasteiger partial charge in [-0.3, -0.25) is 14.5 Å². The number of nitrogens with zero attached hydrogens (tertiary/aromatic N) is 3. The molecule has 10 heteroatoms. The highest BCUT2D eigenvalue weighted by molar-refractivity contribution is 7.92. The lowest BCUT2D eigenvalue weighted by Crippen LogP contribution is -2.33. The fourth-order valence-electron chi connectivity index (χ4n) is 3.77. The number of aryl methyl sites for hydroxylation is 1. The minimum Gasteiger partial charge on any atom is -0.369 e. The van der Waals surface area contributed by atoms with Crippen LogP contribution in [0.15, 0.2) is 94.9 Å². The number of para-hydroxylation sites is 1. The number of hydrogen-bond acceptors (Lipinski definition) is 5. The summed E-state index contributed by atoms with van der Waals surface area (Å²) in [6, 6.07) is 22.3. The van der Waals surface area contributed by atoms with E-state index in [0.29, 0.717) is 51.5 Å². The van der Waals surface area contributed by atoms with Crippen LogP contribution in [0.5, 0.6) is 0 Å². The summed E-state index contributed by atoms with van der Waals surface area (Å²) in [6.07, 6.45) is 2.85. The second kappa shape index (κ2) is 11.5. The number of anilines is 2. The predicted molar refractivity (Wildman–Crippen MR) is 153 cm³/mol. The van der Waals surface area contributed by atoms with Gasteiger partial charge in [0, 0.05) is 35.1 Å². The van der Waals surface area contributed by atoms with Crippen molar-refractivity contribution in [2.45, 2.75) is 18.2 Å². The summed E-state index contributed by atoms with van der Waals surface area (Å²) in [6.45, 7) is 1.88. The zero-order chi connectivity index (χ0) is 27.3. The summed E-state index contributed by atoms with van der Waals surface area (Å²) in [5.41, 5.74) is 9.99. The molecule has 3 N–H and O–H groups in total. The van der Waals surface area contributed by atoms with Crippen LogP contribution in [0.25, 0.3) is 11.1 Å². The van der Waals surface area contributed by atoms with E-state index in [2.05, 4.69) is 14.7 Å². The summed E-state index contributed by atoms with van der Waals surface area (Å²) in [5, 5.41) is 0.315. The Labute approximate surface area is 226 Å². The van der Waals surface area contributed by atoms with Crippen LogP contribution in [-0.4, -0.2) is 32.7 Å². The van der Waals surface area contributed by atoms with Crippen molar-refractivity contribution in [1.82, 2.24) is 4.98 Å². The van der Waals surface area contributed by atoms with Gasteiger partial charge in [0.2, 0.25) is 5.96 Å². The van der Waals surface area contributed by atoms with Crippen molar-refractivity contribution < 1.29 is 13.2 Å². The molecule has 194 valence electrons. The number of benzene rings is 3. The molecular formula is C28H26ClN5O3S. The van der Waals surface area contributed by atoms with Crippen molar-refractivity contribution in [3.05, 3.63) is 101 Å². The Balaban J connectivity index is 1.67. The molecule has 0 saturated carbocycles. The molecule has 0 bridgehead atoms. The Morgan fingerprint density at radius 3 is 2.50 bits per heavy atom. The predicted octanol–water partition coefficient (Wildman–Crippen LogP) is 5.66. The Bertz CT molecular complexity index is 1610. The van der Waals surface area contributed by atoms with Crippen LogP contribution >= 0.6 is 11.6 Å². The molecule has 1 aromatic heterocycles. The van der Waals surface area contributed by atoms with Crippen LogP contribution in [-0.2, 0) is 16.4 Å². The van der Waals surface area contributed by atoms with Crippen molar-refractivity contribution in [2.24, 2.45) is 10.7 Å². The lowest BCUT2D eigenvalue weighted by Gasteiger charge is -2.18. The number of nitrogens with one attached hydrogen (secondary N) is 1. The zero-order valence-electron chi connectivity index (χ0n) is 20.8. The van der Waals surface area contributed by atoms with E-state index in [1.54, 1.807) is 54.5 Å². The molecular weight excluding hydrogens is 522 g/mol. The van der Waals surface area contributed by atoms with E-state index in [1.807, 2.05) is 37.3 Å². The van der Waals surface area contributed by atoms with E-state index >= 15 is 0 Å². The number of aliphatic imine (C=N–C) groups is 1. The molecule has 0 amide bonds. The standard InChI is InChI=1S/C28H26ClN5O3S/c1-3-25-27(33-38(36,37)24-11-7-8-22(29)16-24)15-20(17-31-25)19-12-13-26(21(14-19)18-35)32-28(30)34(2)23-9-5-4-6-10-23/h4-18,33H,3H2,1-2H3,(H2,30,32). The first-order valence-corrected chi connectivity index (χ1v) is 13.6. The van der Waals surface area contributed by atoms with Gasteiger partial charge in [0.15, 0.2) is 6.29 Å². The SMILES string of the molecule is CCc1ncc(-c2ccc(N=C(N)N(C)c3ccccc3)c(C=O)c2)cc1NS(=O)(=O)c1cccc(Cl)c1. The van der Waals surface area contributed by atoms with Gasteiger partial charge in [-0.1, -0.05) is 48.9 Å². The van der Waals surface area contributed by atoms with Crippen molar-refractivity contribution in [3.63, 3.8) is 0 Å². The van der Waals surface area contributed by atoms with Crippen molar-refractivity contribution >= 4 is 50.9 Å². The lowest BCUT2D eigenvalue weighted by molar-refractivity contribution is 0.112. The fraction of sp³-hybridized carbons (Fsp3) is 0.107.